The summed E-state index contributed by atoms with van der Waals surface area (Å²) in [5, 5.41) is 9.44. The summed E-state index contributed by atoms with van der Waals surface area (Å²) in [7, 11) is 0. The summed E-state index contributed by atoms with van der Waals surface area (Å²) >= 11 is 0. The summed E-state index contributed by atoms with van der Waals surface area (Å²) in [6.07, 6.45) is 5.82. The van der Waals surface area contributed by atoms with Crippen LogP contribution in [0.1, 0.15) is 0 Å². The first-order valence-corrected chi connectivity index (χ1v) is 23.1. The van der Waals surface area contributed by atoms with Crippen LogP contribution >= 0.6 is 0 Å². The molecule has 0 fully saturated rings. The third kappa shape index (κ3) is 6.53. The topological polar surface area (TPSA) is 56.7 Å². The van der Waals surface area contributed by atoms with Crippen molar-refractivity contribution in [3.63, 3.8) is 0 Å². The largest absolute Gasteiger partial charge is 0.399 e. The zero-order valence-corrected chi connectivity index (χ0v) is 37.0. The lowest BCUT2D eigenvalue weighted by atomic mass is 9.91. The summed E-state index contributed by atoms with van der Waals surface area (Å²) in [5.74, 6) is 0. The lowest BCUT2D eigenvalue weighted by Crippen LogP contribution is -1.96. The predicted octanol–water partition coefficient (Wildman–Crippen LogP) is 16.6. The van der Waals surface area contributed by atoms with Gasteiger partial charge in [-0.3, -0.25) is 9.55 Å². The van der Waals surface area contributed by atoms with Crippen molar-refractivity contribution in [2.24, 2.45) is 0 Å². The molecule has 3 heterocycles. The van der Waals surface area contributed by atoms with Gasteiger partial charge in [0.25, 0.3) is 0 Å². The molecule has 4 nitrogen and oxygen atoms in total. The number of nitrogens with zero attached hydrogens (tertiary/aromatic N) is 3. The Morgan fingerprint density at radius 1 is 0.338 bits per heavy atom. The number of rotatable bonds is 7. The molecule has 68 heavy (non-hydrogen) atoms. The lowest BCUT2D eigenvalue weighted by molar-refractivity contribution is 1.14. The molecular formula is C64H42N4. The van der Waals surface area contributed by atoms with Gasteiger partial charge in [-0.15, -0.1) is 0 Å². The maximum Gasteiger partial charge on any atom is 0.145 e. The second-order valence-corrected chi connectivity index (χ2v) is 17.6. The number of benzene rings is 10. The SMILES string of the molecule is Nc1ccc(-c2cccc3cccc(-c4ccc(-n5c6ccc(-c7cccc8cccc(-c9ccccc9)c78)cc6c6cc(-c7cccc8cccc(-c9cccnc9)c78)cnc65)cc4)c23)cc1. The van der Waals surface area contributed by atoms with E-state index in [2.05, 4.69) is 216 Å². The average molecular weight is 867 g/mol. The molecule has 0 saturated carbocycles. The zero-order valence-electron chi connectivity index (χ0n) is 37.0. The van der Waals surface area contributed by atoms with Crippen molar-refractivity contribution < 1.29 is 0 Å². The van der Waals surface area contributed by atoms with Crippen LogP contribution in [0.15, 0.2) is 243 Å². The fraction of sp³-hybridized carbons (Fsp3) is 0. The molecule has 4 heteroatoms. The Morgan fingerprint density at radius 3 is 1.34 bits per heavy atom. The Morgan fingerprint density at radius 2 is 0.794 bits per heavy atom. The Hall–Kier alpha value is -9.12. The first kappa shape index (κ1) is 39.3. The normalized spacial score (nSPS) is 11.6. The van der Waals surface area contributed by atoms with Gasteiger partial charge in [-0.05, 0) is 136 Å². The summed E-state index contributed by atoms with van der Waals surface area (Å²) in [5.41, 5.74) is 23.7. The van der Waals surface area contributed by atoms with Gasteiger partial charge < -0.3 is 5.73 Å². The molecule has 0 unspecified atom stereocenters. The van der Waals surface area contributed by atoms with Crippen LogP contribution in [0.3, 0.4) is 0 Å². The van der Waals surface area contributed by atoms with Crippen LogP contribution in [-0.2, 0) is 0 Å². The highest BCUT2D eigenvalue weighted by molar-refractivity contribution is 6.14. The molecule has 0 aliphatic carbocycles. The Labute approximate surface area is 393 Å². The average Bonchev–Trinajstić information content (AvgIpc) is 3.73. The molecule has 0 saturated heterocycles. The highest BCUT2D eigenvalue weighted by Crippen LogP contribution is 2.43. The molecule has 3 aromatic heterocycles. The van der Waals surface area contributed by atoms with E-state index in [9.17, 15) is 0 Å². The molecule has 0 aliphatic heterocycles. The van der Waals surface area contributed by atoms with Gasteiger partial charge in [0.1, 0.15) is 5.65 Å². The highest BCUT2D eigenvalue weighted by atomic mass is 15.0. The van der Waals surface area contributed by atoms with Crippen LogP contribution < -0.4 is 5.73 Å². The quantitative estimate of drug-likeness (QED) is 0.162. The minimum Gasteiger partial charge on any atom is -0.399 e. The highest BCUT2D eigenvalue weighted by Gasteiger charge is 2.20. The summed E-state index contributed by atoms with van der Waals surface area (Å²) in [6, 6.07) is 80.8. The molecule has 2 N–H and O–H groups in total. The van der Waals surface area contributed by atoms with E-state index in [4.69, 9.17) is 10.7 Å². The van der Waals surface area contributed by atoms with Gasteiger partial charge in [-0.2, -0.15) is 0 Å². The monoisotopic (exact) mass is 866 g/mol. The van der Waals surface area contributed by atoms with Gasteiger partial charge in [0.15, 0.2) is 0 Å². The summed E-state index contributed by atoms with van der Waals surface area (Å²) < 4.78 is 2.33. The van der Waals surface area contributed by atoms with E-state index >= 15 is 0 Å². The van der Waals surface area contributed by atoms with Crippen molar-refractivity contribution >= 4 is 59.9 Å². The fourth-order valence-electron chi connectivity index (χ4n) is 10.5. The van der Waals surface area contributed by atoms with Crippen molar-refractivity contribution in [3.8, 4) is 72.4 Å². The van der Waals surface area contributed by atoms with E-state index in [1.165, 1.54) is 60.1 Å². The van der Waals surface area contributed by atoms with Gasteiger partial charge in [0.2, 0.25) is 0 Å². The second-order valence-electron chi connectivity index (χ2n) is 17.6. The van der Waals surface area contributed by atoms with E-state index in [1.54, 1.807) is 0 Å². The smallest absolute Gasteiger partial charge is 0.145 e. The number of hydrogen-bond acceptors (Lipinski definition) is 3. The molecule has 0 bridgehead atoms. The van der Waals surface area contributed by atoms with Gasteiger partial charge >= 0.3 is 0 Å². The number of nitrogens with two attached hydrogens (primary N) is 1. The molecule has 13 aromatic rings. The maximum absolute atomic E-state index is 6.11. The zero-order chi connectivity index (χ0) is 45.1. The number of aromatic nitrogens is 3. The Bertz CT molecular complexity index is 3860. The van der Waals surface area contributed by atoms with Crippen LogP contribution in [0, 0.1) is 0 Å². The first-order valence-electron chi connectivity index (χ1n) is 23.1. The number of fused-ring (bicyclic) bond motifs is 6. The van der Waals surface area contributed by atoms with Gasteiger partial charge in [-0.25, -0.2) is 4.98 Å². The molecule has 0 radical (unpaired) electrons. The molecule has 318 valence electrons. The fourth-order valence-corrected chi connectivity index (χ4v) is 10.5. The molecule has 0 aliphatic rings. The Kier molecular flexibility index (Phi) is 9.29. The van der Waals surface area contributed by atoms with E-state index in [0.29, 0.717) is 0 Å². The van der Waals surface area contributed by atoms with Crippen molar-refractivity contribution in [3.05, 3.63) is 243 Å². The van der Waals surface area contributed by atoms with Crippen LogP contribution in [0.5, 0.6) is 0 Å². The van der Waals surface area contributed by atoms with Gasteiger partial charge in [0.05, 0.1) is 5.52 Å². The van der Waals surface area contributed by atoms with Crippen molar-refractivity contribution in [1.82, 2.24) is 14.5 Å². The second kappa shape index (κ2) is 16.1. The third-order valence-electron chi connectivity index (χ3n) is 13.7. The molecule has 10 aromatic carbocycles. The molecule has 0 atom stereocenters. The number of nitrogen functional groups attached to an aromatic ring is 1. The lowest BCUT2D eigenvalue weighted by Gasteiger charge is -2.14. The summed E-state index contributed by atoms with van der Waals surface area (Å²) in [4.78, 5) is 9.89. The third-order valence-corrected chi connectivity index (χ3v) is 13.7. The van der Waals surface area contributed by atoms with E-state index in [1.807, 2.05) is 36.8 Å². The van der Waals surface area contributed by atoms with Crippen LogP contribution in [0.2, 0.25) is 0 Å². The summed E-state index contributed by atoms with van der Waals surface area (Å²) in [6.45, 7) is 0. The molecule has 0 spiro atoms. The Balaban J connectivity index is 1.02. The van der Waals surface area contributed by atoms with E-state index in [-0.39, 0.29) is 0 Å². The van der Waals surface area contributed by atoms with E-state index in [0.717, 1.165) is 72.3 Å². The minimum atomic E-state index is 0.756. The van der Waals surface area contributed by atoms with Gasteiger partial charge in [0, 0.05) is 51.9 Å². The number of pyridine rings is 2. The van der Waals surface area contributed by atoms with Gasteiger partial charge in [-0.1, -0.05) is 176 Å². The number of anilines is 1. The standard InChI is InChI=1S/C64H42N4/c65-50-31-26-42(27-32-50)53-21-5-13-44-14-6-22-54(61(44)53)43-28-33-51(34-29-43)68-60-35-30-47(55-23-7-16-45-15-4-20-52(62(45)55)41-11-2-1-3-12-41)37-58(60)59-38-49(40-67-64(59)68)57-25-9-18-46-17-8-24-56(63(46)57)48-19-10-36-66-39-48/h1-40H,65H2. The van der Waals surface area contributed by atoms with E-state index < -0.39 is 0 Å². The molecular weight excluding hydrogens is 825 g/mol. The number of hydrogen-bond donors (Lipinski definition) is 1. The molecule has 0 amide bonds. The van der Waals surface area contributed by atoms with Crippen LogP contribution in [0.4, 0.5) is 5.69 Å². The van der Waals surface area contributed by atoms with Crippen molar-refractivity contribution in [2.45, 2.75) is 0 Å². The molecule has 13 rings (SSSR count). The van der Waals surface area contributed by atoms with Crippen molar-refractivity contribution in [1.29, 1.82) is 0 Å². The predicted molar refractivity (Wildman–Crippen MR) is 286 cm³/mol. The van der Waals surface area contributed by atoms with Crippen LogP contribution in [0.25, 0.3) is 127 Å². The van der Waals surface area contributed by atoms with Crippen molar-refractivity contribution in [2.75, 3.05) is 5.73 Å². The first-order chi connectivity index (χ1) is 33.6. The minimum absolute atomic E-state index is 0.756. The van der Waals surface area contributed by atoms with Crippen LogP contribution in [-0.4, -0.2) is 14.5 Å². The maximum atomic E-state index is 6.11.